The quantitative estimate of drug-likeness (QED) is 0.521. The van der Waals surface area contributed by atoms with Crippen LogP contribution in [0.15, 0.2) is 28.3 Å². The van der Waals surface area contributed by atoms with Crippen molar-refractivity contribution in [1.82, 2.24) is 5.43 Å². The van der Waals surface area contributed by atoms with Crippen molar-refractivity contribution >= 4 is 12.2 Å². The summed E-state index contributed by atoms with van der Waals surface area (Å²) in [5.74, 6) is 0.152. The highest BCUT2D eigenvalue weighted by Crippen LogP contribution is 2.29. The molecule has 2 rings (SSSR count). The third-order valence-corrected chi connectivity index (χ3v) is 2.01. The number of nitrogens with zero attached hydrogens (tertiary/aromatic N) is 2. The first-order valence-corrected chi connectivity index (χ1v) is 4.31. The lowest BCUT2D eigenvalue weighted by Gasteiger charge is -2.14. The third kappa shape index (κ3) is 1.83. The normalized spacial score (nSPS) is 19.5. The van der Waals surface area contributed by atoms with Gasteiger partial charge in [0.15, 0.2) is 0 Å². The van der Waals surface area contributed by atoms with Crippen molar-refractivity contribution < 1.29 is 10.2 Å². The van der Waals surface area contributed by atoms with E-state index >= 15 is 0 Å². The van der Waals surface area contributed by atoms with Crippen LogP contribution in [0.4, 0.5) is 0 Å². The van der Waals surface area contributed by atoms with Crippen LogP contribution in [0.2, 0.25) is 0 Å². The zero-order chi connectivity index (χ0) is 10.8. The molecule has 1 unspecified atom stereocenters. The minimum Gasteiger partial charge on any atom is -0.508 e. The fourth-order valence-electron chi connectivity index (χ4n) is 1.32. The third-order valence-electron chi connectivity index (χ3n) is 2.01. The highest BCUT2D eigenvalue weighted by Gasteiger charge is 2.15. The number of nitrogens with one attached hydrogen (secondary N) is 1. The maximum atomic E-state index is 9.58. The minimum atomic E-state index is -0.424. The van der Waals surface area contributed by atoms with Gasteiger partial charge in [-0.3, -0.25) is 0 Å². The van der Waals surface area contributed by atoms with Gasteiger partial charge < -0.3 is 15.9 Å². The summed E-state index contributed by atoms with van der Waals surface area (Å²) in [6.07, 6.45) is 1.52. The Morgan fingerprint density at radius 1 is 1.33 bits per heavy atom. The van der Waals surface area contributed by atoms with Crippen LogP contribution in [-0.2, 0) is 0 Å². The molecule has 5 N–H and O–H groups in total. The van der Waals surface area contributed by atoms with Crippen molar-refractivity contribution in [3.8, 4) is 11.5 Å². The molecular formula is C9H10N4O2. The van der Waals surface area contributed by atoms with E-state index in [-0.39, 0.29) is 17.5 Å². The van der Waals surface area contributed by atoms with Crippen LogP contribution < -0.4 is 11.2 Å². The number of rotatable bonds is 1. The smallest absolute Gasteiger partial charge is 0.210 e. The summed E-state index contributed by atoms with van der Waals surface area (Å²) in [7, 11) is 0. The van der Waals surface area contributed by atoms with E-state index < -0.39 is 6.04 Å². The lowest BCUT2D eigenvalue weighted by atomic mass is 10.1. The van der Waals surface area contributed by atoms with Crippen LogP contribution in [0.1, 0.15) is 11.6 Å². The zero-order valence-corrected chi connectivity index (χ0v) is 7.75. The molecule has 15 heavy (non-hydrogen) atoms. The monoisotopic (exact) mass is 206 g/mol. The Bertz CT molecular complexity index is 442. The molecule has 1 aromatic carbocycles. The van der Waals surface area contributed by atoms with Gasteiger partial charge in [-0.25, -0.2) is 10.4 Å². The first-order valence-electron chi connectivity index (χ1n) is 4.31. The SMILES string of the molecule is NC1=NC(c2ccc(O)cc2O)C=NN1. The second kappa shape index (κ2) is 3.49. The van der Waals surface area contributed by atoms with Crippen molar-refractivity contribution in [2.75, 3.05) is 0 Å². The summed E-state index contributed by atoms with van der Waals surface area (Å²) in [5.41, 5.74) is 8.46. The standard InChI is InChI=1S/C9H10N4O2/c10-9-12-7(4-11-13-9)6-2-1-5(14)3-8(6)15/h1-4,7,14-15H,(H3,10,12,13). The van der Waals surface area contributed by atoms with Crippen LogP contribution in [0.25, 0.3) is 0 Å². The van der Waals surface area contributed by atoms with Crippen molar-refractivity contribution in [2.45, 2.75) is 6.04 Å². The molecule has 78 valence electrons. The van der Waals surface area contributed by atoms with E-state index in [0.717, 1.165) is 0 Å². The first kappa shape index (κ1) is 9.32. The molecule has 0 bridgehead atoms. The summed E-state index contributed by atoms with van der Waals surface area (Å²) in [4.78, 5) is 4.04. The van der Waals surface area contributed by atoms with E-state index in [1.54, 1.807) is 6.07 Å². The molecule has 0 saturated heterocycles. The molecule has 0 spiro atoms. The average molecular weight is 206 g/mol. The van der Waals surface area contributed by atoms with E-state index in [1.807, 2.05) is 0 Å². The summed E-state index contributed by atoms with van der Waals surface area (Å²) < 4.78 is 0. The number of guanidine groups is 1. The highest BCUT2D eigenvalue weighted by atomic mass is 16.3. The Hall–Kier alpha value is -2.24. The molecule has 1 heterocycles. The number of phenols is 2. The van der Waals surface area contributed by atoms with Crippen LogP contribution in [0.5, 0.6) is 11.5 Å². The molecule has 0 fully saturated rings. The van der Waals surface area contributed by atoms with Crippen molar-refractivity contribution in [3.05, 3.63) is 23.8 Å². The van der Waals surface area contributed by atoms with Gasteiger partial charge in [0.1, 0.15) is 17.5 Å². The van der Waals surface area contributed by atoms with Crippen molar-refractivity contribution in [2.24, 2.45) is 15.8 Å². The molecule has 1 aliphatic rings. The van der Waals surface area contributed by atoms with Crippen LogP contribution >= 0.6 is 0 Å². The summed E-state index contributed by atoms with van der Waals surface area (Å²) in [5, 5.41) is 22.5. The van der Waals surface area contributed by atoms with Gasteiger partial charge in [-0.15, -0.1) is 0 Å². The van der Waals surface area contributed by atoms with E-state index in [0.29, 0.717) is 5.56 Å². The second-order valence-electron chi connectivity index (χ2n) is 3.09. The first-order chi connectivity index (χ1) is 7.16. The molecule has 1 aromatic rings. The number of hydrazone groups is 1. The molecule has 0 saturated carbocycles. The predicted octanol–water partition coefficient (Wildman–Crippen LogP) is 0.0426. The summed E-state index contributed by atoms with van der Waals surface area (Å²) >= 11 is 0. The van der Waals surface area contributed by atoms with E-state index in [1.165, 1.54) is 18.3 Å². The molecule has 1 aliphatic heterocycles. The molecule has 6 nitrogen and oxygen atoms in total. The molecule has 6 heteroatoms. The van der Waals surface area contributed by atoms with Crippen molar-refractivity contribution in [1.29, 1.82) is 0 Å². The fraction of sp³-hybridized carbons (Fsp3) is 0.111. The summed E-state index contributed by atoms with van der Waals surface area (Å²) in [6.45, 7) is 0. The van der Waals surface area contributed by atoms with Gasteiger partial charge in [0, 0.05) is 11.6 Å². The predicted molar refractivity (Wildman–Crippen MR) is 55.8 cm³/mol. The Morgan fingerprint density at radius 2 is 2.13 bits per heavy atom. The van der Waals surface area contributed by atoms with E-state index in [4.69, 9.17) is 10.8 Å². The van der Waals surface area contributed by atoms with Crippen LogP contribution in [0.3, 0.4) is 0 Å². The lowest BCUT2D eigenvalue weighted by Crippen LogP contribution is -2.31. The van der Waals surface area contributed by atoms with E-state index in [2.05, 4.69) is 15.5 Å². The van der Waals surface area contributed by atoms with Gasteiger partial charge in [0.2, 0.25) is 5.96 Å². The Balaban J connectivity index is 2.37. The van der Waals surface area contributed by atoms with Gasteiger partial charge in [-0.1, -0.05) is 0 Å². The van der Waals surface area contributed by atoms with Gasteiger partial charge >= 0.3 is 0 Å². The molecule has 1 atom stereocenters. The minimum absolute atomic E-state index is 0.000857. The van der Waals surface area contributed by atoms with E-state index in [9.17, 15) is 5.11 Å². The average Bonchev–Trinajstić information content (AvgIpc) is 2.17. The van der Waals surface area contributed by atoms with Crippen molar-refractivity contribution in [3.63, 3.8) is 0 Å². The largest absolute Gasteiger partial charge is 0.508 e. The van der Waals surface area contributed by atoms with Crippen LogP contribution in [0, 0.1) is 0 Å². The highest BCUT2D eigenvalue weighted by molar-refractivity contribution is 5.85. The number of hydrogen-bond donors (Lipinski definition) is 4. The molecule has 0 aromatic heterocycles. The molecule has 0 aliphatic carbocycles. The Kier molecular flexibility index (Phi) is 2.17. The molecular weight excluding hydrogens is 196 g/mol. The topological polar surface area (TPSA) is 103 Å². The zero-order valence-electron chi connectivity index (χ0n) is 7.75. The number of nitrogens with two attached hydrogens (primary N) is 1. The fourth-order valence-corrected chi connectivity index (χ4v) is 1.32. The van der Waals surface area contributed by atoms with Gasteiger partial charge in [0.05, 0.1) is 6.21 Å². The number of benzene rings is 1. The lowest BCUT2D eigenvalue weighted by molar-refractivity contribution is 0.445. The second-order valence-corrected chi connectivity index (χ2v) is 3.09. The van der Waals surface area contributed by atoms with Crippen LogP contribution in [-0.4, -0.2) is 22.4 Å². The maximum Gasteiger partial charge on any atom is 0.210 e. The molecule has 0 radical (unpaired) electrons. The summed E-state index contributed by atoms with van der Waals surface area (Å²) in [6, 6.07) is 3.86. The Morgan fingerprint density at radius 3 is 2.80 bits per heavy atom. The Labute approximate surface area is 85.8 Å². The number of phenolic OH excluding ortho intramolecular Hbond substituents is 2. The van der Waals surface area contributed by atoms with Gasteiger partial charge in [-0.2, -0.15) is 5.10 Å². The number of hydrogen-bond acceptors (Lipinski definition) is 6. The number of aromatic hydroxyl groups is 2. The van der Waals surface area contributed by atoms with Gasteiger partial charge in [-0.05, 0) is 12.1 Å². The van der Waals surface area contributed by atoms with Gasteiger partial charge in [0.25, 0.3) is 0 Å². The maximum absolute atomic E-state index is 9.58. The number of aliphatic imine (C=N–C) groups is 1. The molecule has 0 amide bonds.